The summed E-state index contributed by atoms with van der Waals surface area (Å²) in [6.07, 6.45) is 0. The Kier molecular flexibility index (Phi) is 17.2. The van der Waals surface area contributed by atoms with Crippen LogP contribution in [0.4, 0.5) is 34.1 Å². The highest BCUT2D eigenvalue weighted by molar-refractivity contribution is 6.17. The van der Waals surface area contributed by atoms with Gasteiger partial charge in [0.15, 0.2) is 0 Å². The van der Waals surface area contributed by atoms with Gasteiger partial charge in [-0.25, -0.2) is 0 Å². The molecular formula is C98H120N4. The van der Waals surface area contributed by atoms with Crippen molar-refractivity contribution in [1.29, 1.82) is 0 Å². The number of aromatic nitrogens is 2. The minimum Gasteiger partial charge on any atom is -0.309 e. The first-order chi connectivity index (χ1) is 50.1. The highest BCUT2D eigenvalue weighted by Crippen LogP contribution is 2.53. The molecule has 0 atom stereocenters. The predicted octanol–water partition coefficient (Wildman–Crippen LogP) is 28.2. The van der Waals surface area contributed by atoms with Crippen molar-refractivity contribution >= 4 is 77.7 Å². The van der Waals surface area contributed by atoms with E-state index in [1.54, 1.807) is 0 Å². The van der Waals surface area contributed by atoms with Gasteiger partial charge in [0, 0.05) is 32.9 Å². The van der Waals surface area contributed by atoms with E-state index in [0.717, 1.165) is 67.3 Å². The molecule has 4 heteroatoms. The molecular weight excluding hydrogens is 1230 g/mol. The lowest BCUT2D eigenvalue weighted by molar-refractivity contribution is 1.05. The molecule has 0 aliphatic rings. The lowest BCUT2D eigenvalue weighted by atomic mass is 9.89. The average Bonchev–Trinajstić information content (AvgIpc) is 1.48. The van der Waals surface area contributed by atoms with Gasteiger partial charge in [-0.05, 0) is 499 Å². The summed E-state index contributed by atoms with van der Waals surface area (Å²) in [5.74, 6) is 0. The van der Waals surface area contributed by atoms with Crippen LogP contribution in [0.5, 0.6) is 0 Å². The average molecular weight is 1370 g/mol. The van der Waals surface area contributed by atoms with E-state index in [4.69, 9.17) is 2.74 Å². The van der Waals surface area contributed by atoms with E-state index in [9.17, 15) is 5.48 Å². The second-order valence-electron chi connectivity index (χ2n) is 31.5. The van der Waals surface area contributed by atoms with Crippen LogP contribution in [0.25, 0.3) is 55.0 Å². The van der Waals surface area contributed by atoms with Crippen LogP contribution in [0.2, 0.25) is 0 Å². The fraction of sp³-hybridized carbons (Fsp3) is 0.388. The van der Waals surface area contributed by atoms with Gasteiger partial charge in [0.1, 0.15) is 0 Å². The summed E-state index contributed by atoms with van der Waals surface area (Å²) >= 11 is 0. The second-order valence-corrected chi connectivity index (χ2v) is 31.5. The van der Waals surface area contributed by atoms with Crippen LogP contribution >= 0.6 is 0 Å². The Balaban J connectivity index is 0.000000215. The topological polar surface area (TPSA) is 16.3 Å². The van der Waals surface area contributed by atoms with Crippen LogP contribution in [-0.2, 0) is 0 Å². The summed E-state index contributed by atoms with van der Waals surface area (Å²) in [7, 11) is 0. The summed E-state index contributed by atoms with van der Waals surface area (Å²) in [5.41, 5.74) is 57.8. The predicted molar refractivity (Wildman–Crippen MR) is 451 cm³/mol. The Hall–Kier alpha value is -8.60. The molecule has 0 bridgehead atoms. The Labute approximate surface area is 623 Å². The highest BCUT2D eigenvalue weighted by Gasteiger charge is 2.34. The molecule has 10 aromatic carbocycles. The summed E-state index contributed by atoms with van der Waals surface area (Å²) in [4.78, 5) is 4.47. The minimum absolute atomic E-state index is 0.236. The van der Waals surface area contributed by atoms with E-state index in [1.807, 2.05) is 27.7 Å². The molecule has 102 heavy (non-hydrogen) atoms. The van der Waals surface area contributed by atoms with Crippen molar-refractivity contribution in [3.63, 3.8) is 0 Å². The number of fused-ring (bicyclic) bond motifs is 6. The third-order valence-corrected chi connectivity index (χ3v) is 26.8. The minimum atomic E-state index is 0.236. The molecule has 0 radical (unpaired) electrons. The molecule has 0 spiro atoms. The third kappa shape index (κ3) is 10.8. The van der Waals surface area contributed by atoms with Crippen LogP contribution < -0.4 is 9.80 Å². The van der Waals surface area contributed by atoms with Gasteiger partial charge in [-0.1, -0.05) is 12.1 Å². The van der Waals surface area contributed by atoms with E-state index in [1.165, 1.54) is 200 Å². The van der Waals surface area contributed by atoms with E-state index >= 15 is 0 Å². The van der Waals surface area contributed by atoms with Crippen molar-refractivity contribution in [2.45, 2.75) is 263 Å². The standard InChI is InChI=1S/2C49H60N2/c2*1-23-20-24(2)22-42(21-23)50(45-34(12)28(6)25(3)29(7)35(45)13)46-38(16)40(18)47(41(19)39(46)17)51-48-36(14)30(8)26(4)32(10)43(48)44-33(11)27(5)31(9)37(15)49(44)51/h2*20-22H,1-19H3/i2*20T,21T,22T. The molecule has 0 saturated heterocycles. The number of benzene rings is 10. The Bertz CT molecular complexity index is 5230. The lowest BCUT2D eigenvalue weighted by Gasteiger charge is -2.35. The van der Waals surface area contributed by atoms with Gasteiger partial charge < -0.3 is 18.9 Å². The van der Waals surface area contributed by atoms with Gasteiger partial charge in [-0.3, -0.25) is 0 Å². The normalized spacial score (nSPS) is 12.6. The SMILES string of the molecule is [3H]c1c(C)c([3H])c(N(c2c(C)c(C)c(C)c(C)c2C)c2c(C)c(C)c(-n3c4c(C)c(C)c(C)c(C)c4c4c(C)c(C)c(C)c(C)c43)c(C)c2C)c([3H])c1C.[3H]c1c(C)c([3H])c(N(c2c(C)c(C)c(C)c(C)c2C)c2c(C)c(C)c(-n3c4c(C)c(C)c(C)c(C)c4c4c(C)c(C)c(C)c(C)c43)c(C)c2C)c([3H])c1C. The Morgan fingerprint density at radius 2 is 0.324 bits per heavy atom. The maximum atomic E-state index is 9.55. The Morgan fingerprint density at radius 1 is 0.176 bits per heavy atom. The number of hydrogen-bond acceptors (Lipinski definition) is 2. The van der Waals surface area contributed by atoms with Gasteiger partial charge in [0.2, 0.25) is 0 Å². The lowest BCUT2D eigenvalue weighted by Crippen LogP contribution is -2.19. The summed E-state index contributed by atoms with van der Waals surface area (Å²) in [6, 6.07) is 1.49. The highest BCUT2D eigenvalue weighted by atomic mass is 15.2. The Morgan fingerprint density at radius 3 is 0.510 bits per heavy atom. The number of hydrogen-bond donors (Lipinski definition) is 0. The number of aryl methyl sites for hydroxylation is 8. The van der Waals surface area contributed by atoms with Crippen LogP contribution in [0.15, 0.2) is 36.3 Å². The van der Waals surface area contributed by atoms with Crippen LogP contribution in [0.3, 0.4) is 0 Å². The third-order valence-electron chi connectivity index (χ3n) is 26.8. The summed E-state index contributed by atoms with van der Waals surface area (Å²) < 4.78 is 61.0. The maximum Gasteiger partial charge on any atom is 0.0648 e. The molecule has 0 aliphatic heterocycles. The molecule has 0 N–H and O–H groups in total. The zero-order valence-corrected chi connectivity index (χ0v) is 69.8. The number of anilines is 6. The van der Waals surface area contributed by atoms with Crippen LogP contribution in [0, 0.1) is 263 Å². The van der Waals surface area contributed by atoms with E-state index in [-0.39, 0.29) is 36.3 Å². The van der Waals surface area contributed by atoms with E-state index in [2.05, 4.69) is 254 Å². The molecule has 0 amide bonds. The quantitative estimate of drug-likeness (QED) is 0.151. The summed E-state index contributed by atoms with van der Waals surface area (Å²) in [5, 5.41) is 5.41. The maximum absolute atomic E-state index is 9.55. The van der Waals surface area contributed by atoms with Crippen molar-refractivity contribution in [2.24, 2.45) is 0 Å². The fourth-order valence-electron chi connectivity index (χ4n) is 18.1. The molecule has 532 valence electrons. The van der Waals surface area contributed by atoms with Crippen molar-refractivity contribution in [1.82, 2.24) is 9.13 Å². The number of nitrogens with zero attached hydrogens (tertiary/aromatic N) is 4. The molecule has 2 heterocycles. The largest absolute Gasteiger partial charge is 0.309 e. The zero-order chi connectivity index (χ0) is 81.0. The van der Waals surface area contributed by atoms with Crippen molar-refractivity contribution in [3.8, 4) is 11.4 Å². The van der Waals surface area contributed by atoms with Crippen LogP contribution in [-0.4, -0.2) is 9.13 Å². The van der Waals surface area contributed by atoms with Gasteiger partial charge >= 0.3 is 0 Å². The molecule has 12 aromatic rings. The smallest absolute Gasteiger partial charge is 0.0648 e. The molecule has 4 nitrogen and oxygen atoms in total. The molecule has 12 rings (SSSR count). The van der Waals surface area contributed by atoms with Gasteiger partial charge in [0.05, 0.1) is 64.4 Å². The zero-order valence-electron chi connectivity index (χ0n) is 75.8. The number of rotatable bonds is 8. The monoisotopic (exact) mass is 1370 g/mol. The molecule has 0 aliphatic carbocycles. The van der Waals surface area contributed by atoms with Gasteiger partial charge in [-0.15, -0.1) is 0 Å². The summed E-state index contributed by atoms with van der Waals surface area (Å²) in [6.45, 7) is 83.8. The molecule has 0 unspecified atom stereocenters. The van der Waals surface area contributed by atoms with Gasteiger partial charge in [-0.2, -0.15) is 0 Å². The molecule has 0 fully saturated rings. The van der Waals surface area contributed by atoms with Crippen LogP contribution in [0.1, 0.15) is 220 Å². The van der Waals surface area contributed by atoms with Gasteiger partial charge in [0.25, 0.3) is 0 Å². The van der Waals surface area contributed by atoms with Crippen molar-refractivity contribution < 1.29 is 8.22 Å². The molecule has 2 aromatic heterocycles. The van der Waals surface area contributed by atoms with Crippen molar-refractivity contribution in [3.05, 3.63) is 248 Å². The first-order valence-corrected chi connectivity index (χ1v) is 37.2. The van der Waals surface area contributed by atoms with E-state index < -0.39 is 0 Å². The molecule has 0 saturated carbocycles. The first kappa shape index (κ1) is 66.6. The fourth-order valence-corrected chi connectivity index (χ4v) is 18.1. The van der Waals surface area contributed by atoms with E-state index in [0.29, 0.717) is 33.6 Å². The first-order valence-electron chi connectivity index (χ1n) is 40.2. The second kappa shape index (κ2) is 26.3. The van der Waals surface area contributed by atoms with Crippen molar-refractivity contribution in [2.75, 3.05) is 9.80 Å².